The molecule has 0 bridgehead atoms. The summed E-state index contributed by atoms with van der Waals surface area (Å²) in [5.41, 5.74) is -0.535. The smallest absolute Gasteiger partial charge is 0.310 e. The average Bonchev–Trinajstić information content (AvgIpc) is 2.00. The van der Waals surface area contributed by atoms with Crippen LogP contribution < -0.4 is 0 Å². The topological polar surface area (TPSA) is 52.6 Å². The third-order valence-corrected chi connectivity index (χ3v) is 1.60. The van der Waals surface area contributed by atoms with Gasteiger partial charge in [0, 0.05) is 0 Å². The van der Waals surface area contributed by atoms with E-state index in [0.29, 0.717) is 0 Å². The minimum atomic E-state index is -0.535. The van der Waals surface area contributed by atoms with Gasteiger partial charge < -0.3 is 9.47 Å². The standard InChI is InChI=1S/C10H17ClO4/c1-7(9(13)14-6-11)5-8(12)15-10(2,3)4/h7H,5-6H2,1-4H3/t7-/m1/s1. The van der Waals surface area contributed by atoms with Crippen LogP contribution in [0, 0.1) is 5.92 Å². The lowest BCUT2D eigenvalue weighted by molar-refractivity contribution is -0.160. The van der Waals surface area contributed by atoms with Gasteiger partial charge in [-0.25, -0.2) is 0 Å². The number of hydrogen-bond acceptors (Lipinski definition) is 4. The Labute approximate surface area is 94.9 Å². The highest BCUT2D eigenvalue weighted by Crippen LogP contribution is 2.12. The van der Waals surface area contributed by atoms with Gasteiger partial charge in [0.25, 0.3) is 0 Å². The van der Waals surface area contributed by atoms with Gasteiger partial charge in [-0.15, -0.1) is 0 Å². The molecule has 0 unspecified atom stereocenters. The Kier molecular flexibility index (Phi) is 5.65. The molecule has 0 saturated heterocycles. The lowest BCUT2D eigenvalue weighted by Gasteiger charge is -2.20. The molecule has 0 saturated carbocycles. The summed E-state index contributed by atoms with van der Waals surface area (Å²) in [5, 5.41) is 0. The van der Waals surface area contributed by atoms with E-state index < -0.39 is 23.5 Å². The number of alkyl halides is 1. The number of ether oxygens (including phenoxy) is 2. The Bertz CT molecular complexity index is 232. The fourth-order valence-electron chi connectivity index (χ4n) is 0.913. The molecular weight excluding hydrogens is 220 g/mol. The number of rotatable bonds is 4. The van der Waals surface area contributed by atoms with Gasteiger partial charge in [-0.05, 0) is 20.8 Å². The minimum Gasteiger partial charge on any atom is -0.460 e. The Morgan fingerprint density at radius 1 is 1.33 bits per heavy atom. The second-order valence-corrected chi connectivity index (χ2v) is 4.48. The van der Waals surface area contributed by atoms with Gasteiger partial charge >= 0.3 is 11.9 Å². The van der Waals surface area contributed by atoms with E-state index in [1.165, 1.54) is 0 Å². The molecule has 0 aliphatic rings. The maximum Gasteiger partial charge on any atom is 0.310 e. The first-order chi connectivity index (χ1) is 6.76. The summed E-state index contributed by atoms with van der Waals surface area (Å²) in [6.07, 6.45) is 0.00694. The van der Waals surface area contributed by atoms with Crippen molar-refractivity contribution < 1.29 is 19.1 Å². The highest BCUT2D eigenvalue weighted by atomic mass is 35.5. The van der Waals surface area contributed by atoms with Crippen LogP contribution in [0.15, 0.2) is 0 Å². The van der Waals surface area contributed by atoms with Crippen LogP contribution in [0.3, 0.4) is 0 Å². The molecule has 0 aromatic carbocycles. The molecule has 0 amide bonds. The molecule has 1 atom stereocenters. The highest BCUT2D eigenvalue weighted by Gasteiger charge is 2.22. The molecule has 15 heavy (non-hydrogen) atoms. The third kappa shape index (κ3) is 7.19. The van der Waals surface area contributed by atoms with Gasteiger partial charge in [0.05, 0.1) is 12.3 Å². The maximum atomic E-state index is 11.3. The molecular formula is C10H17ClO4. The van der Waals surface area contributed by atoms with E-state index in [1.807, 2.05) is 0 Å². The van der Waals surface area contributed by atoms with Crippen molar-refractivity contribution in [2.24, 2.45) is 5.92 Å². The molecule has 88 valence electrons. The molecule has 0 fully saturated rings. The van der Waals surface area contributed by atoms with Crippen LogP contribution in [-0.4, -0.2) is 23.6 Å². The summed E-state index contributed by atoms with van der Waals surface area (Å²) in [6.45, 7) is 6.91. The number of carbonyl (C=O) groups is 2. The Balaban J connectivity index is 4.02. The molecule has 0 aromatic heterocycles. The predicted octanol–water partition coefficient (Wildman–Crippen LogP) is 2.09. The summed E-state index contributed by atoms with van der Waals surface area (Å²) in [7, 11) is 0. The largest absolute Gasteiger partial charge is 0.460 e. The molecule has 4 nitrogen and oxygen atoms in total. The Morgan fingerprint density at radius 3 is 2.27 bits per heavy atom. The number of halogens is 1. The van der Waals surface area contributed by atoms with E-state index in [1.54, 1.807) is 27.7 Å². The monoisotopic (exact) mass is 236 g/mol. The number of carbonyl (C=O) groups excluding carboxylic acids is 2. The predicted molar refractivity (Wildman–Crippen MR) is 56.4 cm³/mol. The van der Waals surface area contributed by atoms with E-state index in [2.05, 4.69) is 4.74 Å². The van der Waals surface area contributed by atoms with Crippen LogP contribution in [0.2, 0.25) is 0 Å². The van der Waals surface area contributed by atoms with Crippen molar-refractivity contribution >= 4 is 23.5 Å². The van der Waals surface area contributed by atoms with Crippen LogP contribution in [0.25, 0.3) is 0 Å². The number of esters is 2. The Morgan fingerprint density at radius 2 is 1.87 bits per heavy atom. The summed E-state index contributed by atoms with van der Waals surface area (Å²) in [5.74, 6) is -1.43. The molecule has 5 heteroatoms. The van der Waals surface area contributed by atoms with Crippen molar-refractivity contribution in [2.45, 2.75) is 39.7 Å². The average molecular weight is 237 g/mol. The summed E-state index contributed by atoms with van der Waals surface area (Å²) in [4.78, 5) is 22.4. The zero-order valence-electron chi connectivity index (χ0n) is 9.50. The molecule has 0 rings (SSSR count). The van der Waals surface area contributed by atoms with Crippen molar-refractivity contribution in [1.29, 1.82) is 0 Å². The van der Waals surface area contributed by atoms with Gasteiger partial charge in [-0.3, -0.25) is 9.59 Å². The number of hydrogen-bond donors (Lipinski definition) is 0. The second-order valence-electron chi connectivity index (χ2n) is 4.26. The molecule has 0 aliphatic heterocycles. The van der Waals surface area contributed by atoms with Crippen LogP contribution in [0.4, 0.5) is 0 Å². The van der Waals surface area contributed by atoms with Crippen LogP contribution in [0.5, 0.6) is 0 Å². The first-order valence-corrected chi connectivity index (χ1v) is 5.24. The lowest BCUT2D eigenvalue weighted by atomic mass is 10.1. The maximum absolute atomic E-state index is 11.3. The molecule has 0 aromatic rings. The van der Waals surface area contributed by atoms with Crippen LogP contribution in [0.1, 0.15) is 34.1 Å². The first-order valence-electron chi connectivity index (χ1n) is 4.70. The molecule has 0 heterocycles. The van der Waals surface area contributed by atoms with Crippen molar-refractivity contribution in [2.75, 3.05) is 6.07 Å². The van der Waals surface area contributed by atoms with Crippen molar-refractivity contribution in [3.05, 3.63) is 0 Å². The van der Waals surface area contributed by atoms with Crippen molar-refractivity contribution in [3.63, 3.8) is 0 Å². The van der Waals surface area contributed by atoms with E-state index >= 15 is 0 Å². The normalized spacial score (nSPS) is 13.1. The Hall–Kier alpha value is -0.770. The zero-order valence-corrected chi connectivity index (χ0v) is 10.3. The quantitative estimate of drug-likeness (QED) is 0.554. The highest BCUT2D eigenvalue weighted by molar-refractivity contribution is 6.17. The van der Waals surface area contributed by atoms with Gasteiger partial charge in [0.1, 0.15) is 5.60 Å². The van der Waals surface area contributed by atoms with E-state index in [-0.39, 0.29) is 12.5 Å². The van der Waals surface area contributed by atoms with Crippen LogP contribution >= 0.6 is 11.6 Å². The van der Waals surface area contributed by atoms with E-state index in [4.69, 9.17) is 16.3 Å². The molecule has 0 aliphatic carbocycles. The van der Waals surface area contributed by atoms with E-state index in [9.17, 15) is 9.59 Å². The summed E-state index contributed by atoms with van der Waals surface area (Å²) in [6, 6.07) is -0.197. The fraction of sp³-hybridized carbons (Fsp3) is 0.800. The van der Waals surface area contributed by atoms with Gasteiger partial charge in [0.15, 0.2) is 6.07 Å². The van der Waals surface area contributed by atoms with Crippen molar-refractivity contribution in [3.8, 4) is 0 Å². The molecule has 0 spiro atoms. The zero-order chi connectivity index (χ0) is 12.1. The molecule has 0 radical (unpaired) electrons. The fourth-order valence-corrected chi connectivity index (χ4v) is 1.02. The van der Waals surface area contributed by atoms with Gasteiger partial charge in [-0.2, -0.15) is 0 Å². The van der Waals surface area contributed by atoms with E-state index in [0.717, 1.165) is 0 Å². The van der Waals surface area contributed by atoms with Gasteiger partial charge in [0.2, 0.25) is 0 Å². The van der Waals surface area contributed by atoms with Crippen LogP contribution in [-0.2, 0) is 19.1 Å². The minimum absolute atomic E-state index is 0.00694. The summed E-state index contributed by atoms with van der Waals surface area (Å²) < 4.78 is 9.61. The SMILES string of the molecule is C[C@H](CC(=O)OC(C)(C)C)C(=O)OCCl. The first kappa shape index (κ1) is 14.2. The summed E-state index contributed by atoms with van der Waals surface area (Å²) >= 11 is 5.22. The second kappa shape index (κ2) is 5.95. The van der Waals surface area contributed by atoms with Gasteiger partial charge in [-0.1, -0.05) is 18.5 Å². The third-order valence-electron chi connectivity index (χ3n) is 1.49. The van der Waals surface area contributed by atoms with Crippen molar-refractivity contribution in [1.82, 2.24) is 0 Å². The molecule has 0 N–H and O–H groups in total. The lowest BCUT2D eigenvalue weighted by Crippen LogP contribution is -2.27.